The molecule has 2 N–H and O–H groups in total. The van der Waals surface area contributed by atoms with Crippen LogP contribution in [0.5, 0.6) is 5.75 Å². The lowest BCUT2D eigenvalue weighted by molar-refractivity contribution is -0.116. The Labute approximate surface area is 87.7 Å². The molecule has 1 rings (SSSR count). The first-order valence-corrected chi connectivity index (χ1v) is 4.90. The summed E-state index contributed by atoms with van der Waals surface area (Å²) in [6, 6.07) is 6.44. The number of phenolic OH excluding ortho intramolecular Hbond substituents is 1. The van der Waals surface area contributed by atoms with Crippen molar-refractivity contribution in [3.63, 3.8) is 0 Å². The van der Waals surface area contributed by atoms with Crippen LogP contribution in [-0.2, 0) is 4.79 Å². The Hall–Kier alpha value is -1.22. The van der Waals surface area contributed by atoms with Crippen LogP contribution in [0, 0.1) is 0 Å². The second-order valence-electron chi connectivity index (χ2n) is 2.89. The van der Waals surface area contributed by atoms with Gasteiger partial charge in [-0.2, -0.15) is 0 Å². The molecular weight excluding hydrogens is 202 g/mol. The highest BCUT2D eigenvalue weighted by Crippen LogP contribution is 2.15. The van der Waals surface area contributed by atoms with Crippen molar-refractivity contribution in [1.82, 2.24) is 0 Å². The van der Waals surface area contributed by atoms with Crippen molar-refractivity contribution in [2.24, 2.45) is 0 Å². The van der Waals surface area contributed by atoms with Gasteiger partial charge in [0.05, 0.1) is 0 Å². The summed E-state index contributed by atoms with van der Waals surface area (Å²) in [7, 11) is 0. The molecule has 0 bridgehead atoms. The molecule has 0 aromatic heterocycles. The maximum atomic E-state index is 11.2. The zero-order valence-electron chi connectivity index (χ0n) is 7.66. The first-order valence-electron chi connectivity index (χ1n) is 4.37. The average Bonchev–Trinajstić information content (AvgIpc) is 2.15. The quantitative estimate of drug-likeness (QED) is 0.755. The normalized spacial score (nSPS) is 9.79. The van der Waals surface area contributed by atoms with Crippen molar-refractivity contribution < 1.29 is 9.90 Å². The third-order valence-electron chi connectivity index (χ3n) is 1.67. The fourth-order valence-electron chi connectivity index (χ4n) is 1.03. The minimum atomic E-state index is -0.0868. The summed E-state index contributed by atoms with van der Waals surface area (Å²) in [5.74, 6) is 0.532. The number of carbonyl (C=O) groups excluding carboxylic acids is 1. The standard InChI is InChI=1S/C10H12ClNO2/c11-6-2-5-10(14)12-8-3-1-4-9(13)7-8/h1,3-4,7,13H,2,5-6H2,(H,12,14). The van der Waals surface area contributed by atoms with Gasteiger partial charge in [0.25, 0.3) is 0 Å². The SMILES string of the molecule is O=C(CCCCl)Nc1cccc(O)c1. The van der Waals surface area contributed by atoms with Crippen molar-refractivity contribution in [2.75, 3.05) is 11.2 Å². The fraction of sp³-hybridized carbons (Fsp3) is 0.300. The Morgan fingerprint density at radius 2 is 2.29 bits per heavy atom. The Morgan fingerprint density at radius 3 is 2.93 bits per heavy atom. The summed E-state index contributed by atoms with van der Waals surface area (Å²) in [6.07, 6.45) is 1.06. The van der Waals surface area contributed by atoms with Crippen LogP contribution in [0.4, 0.5) is 5.69 Å². The topological polar surface area (TPSA) is 49.3 Å². The third-order valence-corrected chi connectivity index (χ3v) is 1.93. The number of alkyl halides is 1. The minimum Gasteiger partial charge on any atom is -0.508 e. The predicted octanol–water partition coefficient (Wildman–Crippen LogP) is 2.35. The van der Waals surface area contributed by atoms with E-state index < -0.39 is 0 Å². The molecule has 0 aliphatic heterocycles. The molecule has 3 nitrogen and oxygen atoms in total. The lowest BCUT2D eigenvalue weighted by atomic mass is 10.2. The van der Waals surface area contributed by atoms with E-state index >= 15 is 0 Å². The largest absolute Gasteiger partial charge is 0.508 e. The molecule has 0 aliphatic rings. The zero-order chi connectivity index (χ0) is 10.4. The van der Waals surface area contributed by atoms with E-state index in [-0.39, 0.29) is 11.7 Å². The number of aromatic hydroxyl groups is 1. The molecule has 0 aliphatic carbocycles. The molecule has 76 valence electrons. The van der Waals surface area contributed by atoms with Gasteiger partial charge in [0.2, 0.25) is 5.91 Å². The molecule has 0 saturated heterocycles. The molecule has 1 aromatic rings. The lowest BCUT2D eigenvalue weighted by Crippen LogP contribution is -2.10. The average molecular weight is 214 g/mol. The number of rotatable bonds is 4. The third kappa shape index (κ3) is 3.66. The van der Waals surface area contributed by atoms with Crippen LogP contribution in [0.3, 0.4) is 0 Å². The van der Waals surface area contributed by atoms with Gasteiger partial charge in [-0.25, -0.2) is 0 Å². The summed E-state index contributed by atoms with van der Waals surface area (Å²) >= 11 is 5.45. The summed E-state index contributed by atoms with van der Waals surface area (Å²) < 4.78 is 0. The molecule has 0 radical (unpaired) electrons. The van der Waals surface area contributed by atoms with Crippen molar-refractivity contribution in [2.45, 2.75) is 12.8 Å². The van der Waals surface area contributed by atoms with Crippen molar-refractivity contribution >= 4 is 23.2 Å². The molecule has 14 heavy (non-hydrogen) atoms. The van der Waals surface area contributed by atoms with Gasteiger partial charge in [-0.05, 0) is 18.6 Å². The number of benzene rings is 1. The Kier molecular flexibility index (Phi) is 4.26. The van der Waals surface area contributed by atoms with Gasteiger partial charge in [-0.3, -0.25) is 4.79 Å². The minimum absolute atomic E-state index is 0.0868. The van der Waals surface area contributed by atoms with E-state index in [4.69, 9.17) is 16.7 Å². The van der Waals surface area contributed by atoms with Crippen molar-refractivity contribution in [3.05, 3.63) is 24.3 Å². The first-order chi connectivity index (χ1) is 6.72. The number of carbonyl (C=O) groups is 1. The fourth-order valence-corrected chi connectivity index (χ4v) is 1.17. The van der Waals surface area contributed by atoms with E-state index in [2.05, 4.69) is 5.32 Å². The van der Waals surface area contributed by atoms with Crippen LogP contribution >= 0.6 is 11.6 Å². The van der Waals surface area contributed by atoms with Gasteiger partial charge in [0.15, 0.2) is 0 Å². The number of anilines is 1. The Bertz CT molecular complexity index is 315. The molecule has 0 fully saturated rings. The molecule has 0 heterocycles. The van der Waals surface area contributed by atoms with Gasteiger partial charge in [0, 0.05) is 24.1 Å². The van der Waals surface area contributed by atoms with Crippen LogP contribution in [0.1, 0.15) is 12.8 Å². The number of hydrogen-bond donors (Lipinski definition) is 2. The van der Waals surface area contributed by atoms with Gasteiger partial charge in [-0.15, -0.1) is 11.6 Å². The second-order valence-corrected chi connectivity index (χ2v) is 3.27. The molecule has 0 spiro atoms. The molecule has 0 saturated carbocycles. The van der Waals surface area contributed by atoms with Gasteiger partial charge in [-0.1, -0.05) is 6.07 Å². The van der Waals surface area contributed by atoms with Crippen LogP contribution in [0.2, 0.25) is 0 Å². The van der Waals surface area contributed by atoms with E-state index in [0.29, 0.717) is 24.4 Å². The zero-order valence-corrected chi connectivity index (χ0v) is 8.42. The van der Waals surface area contributed by atoms with Crippen molar-refractivity contribution in [3.8, 4) is 5.75 Å². The highest BCUT2D eigenvalue weighted by Gasteiger charge is 2.01. The molecule has 4 heteroatoms. The van der Waals surface area contributed by atoms with Crippen LogP contribution in [-0.4, -0.2) is 16.9 Å². The lowest BCUT2D eigenvalue weighted by Gasteiger charge is -2.04. The number of phenols is 1. The summed E-state index contributed by atoms with van der Waals surface area (Å²) in [5.41, 5.74) is 0.601. The summed E-state index contributed by atoms with van der Waals surface area (Å²) in [5, 5.41) is 11.8. The number of hydrogen-bond acceptors (Lipinski definition) is 2. The van der Waals surface area contributed by atoms with Gasteiger partial charge in [0.1, 0.15) is 5.75 Å². The first kappa shape index (κ1) is 10.9. The second kappa shape index (κ2) is 5.50. The number of amides is 1. The Morgan fingerprint density at radius 1 is 1.50 bits per heavy atom. The molecular formula is C10H12ClNO2. The predicted molar refractivity (Wildman–Crippen MR) is 56.7 cm³/mol. The van der Waals surface area contributed by atoms with E-state index in [0.717, 1.165) is 0 Å². The molecule has 1 amide bonds. The van der Waals surface area contributed by atoms with E-state index in [1.807, 2.05) is 0 Å². The van der Waals surface area contributed by atoms with Gasteiger partial charge < -0.3 is 10.4 Å². The smallest absolute Gasteiger partial charge is 0.224 e. The van der Waals surface area contributed by atoms with Gasteiger partial charge >= 0.3 is 0 Å². The Balaban J connectivity index is 2.47. The highest BCUT2D eigenvalue weighted by molar-refractivity contribution is 6.18. The van der Waals surface area contributed by atoms with Crippen LogP contribution in [0.25, 0.3) is 0 Å². The van der Waals surface area contributed by atoms with Crippen LogP contribution in [0.15, 0.2) is 24.3 Å². The molecule has 0 unspecified atom stereocenters. The number of halogens is 1. The summed E-state index contributed by atoms with van der Waals surface area (Å²) in [6.45, 7) is 0. The number of nitrogens with one attached hydrogen (secondary N) is 1. The molecule has 1 aromatic carbocycles. The van der Waals surface area contributed by atoms with Crippen LogP contribution < -0.4 is 5.32 Å². The van der Waals surface area contributed by atoms with E-state index in [9.17, 15) is 4.79 Å². The maximum absolute atomic E-state index is 11.2. The van der Waals surface area contributed by atoms with E-state index in [1.54, 1.807) is 18.2 Å². The van der Waals surface area contributed by atoms with E-state index in [1.165, 1.54) is 6.07 Å². The molecule has 0 atom stereocenters. The monoisotopic (exact) mass is 213 g/mol. The highest BCUT2D eigenvalue weighted by atomic mass is 35.5. The van der Waals surface area contributed by atoms with Crippen molar-refractivity contribution in [1.29, 1.82) is 0 Å². The summed E-state index contributed by atoms with van der Waals surface area (Å²) in [4.78, 5) is 11.2. The maximum Gasteiger partial charge on any atom is 0.224 e.